The van der Waals surface area contributed by atoms with E-state index in [0.29, 0.717) is 5.82 Å². The summed E-state index contributed by atoms with van der Waals surface area (Å²) in [5, 5.41) is 4.54. The monoisotopic (exact) mass is 882 g/mol. The summed E-state index contributed by atoms with van der Waals surface area (Å²) in [6, 6.07) is 89.7. The Hall–Kier alpha value is -9.32. The smallest absolute Gasteiger partial charge is 0.160 e. The molecule has 69 heavy (non-hydrogen) atoms. The average Bonchev–Trinajstić information content (AvgIpc) is 3.95. The van der Waals surface area contributed by atoms with E-state index in [0.717, 1.165) is 106 Å². The Labute approximate surface area is 399 Å². The van der Waals surface area contributed by atoms with Crippen LogP contribution in [-0.2, 0) is 0 Å². The van der Waals surface area contributed by atoms with Crippen LogP contribution in [0, 0.1) is 0 Å². The molecule has 0 aliphatic heterocycles. The van der Waals surface area contributed by atoms with Crippen LogP contribution in [0.25, 0.3) is 106 Å². The van der Waals surface area contributed by atoms with Crippen LogP contribution in [0.2, 0.25) is 0 Å². The van der Waals surface area contributed by atoms with Gasteiger partial charge in [0.25, 0.3) is 0 Å². The van der Waals surface area contributed by atoms with E-state index < -0.39 is 0 Å². The van der Waals surface area contributed by atoms with Gasteiger partial charge in [0.05, 0.1) is 28.1 Å². The van der Waals surface area contributed by atoms with Crippen molar-refractivity contribution >= 4 is 60.8 Å². The number of hydrogen-bond donors (Lipinski definition) is 0. The second kappa shape index (κ2) is 16.8. The predicted octanol–water partition coefficient (Wildman–Crippen LogP) is 17.3. The number of benzene rings is 10. The number of anilines is 3. The zero-order valence-corrected chi connectivity index (χ0v) is 37.4. The molecule has 0 radical (unpaired) electrons. The van der Waals surface area contributed by atoms with E-state index >= 15 is 0 Å². The molecule has 0 spiro atoms. The quantitative estimate of drug-likeness (QED) is 0.145. The van der Waals surface area contributed by atoms with Gasteiger partial charge in [0.15, 0.2) is 5.82 Å². The topological polar surface area (TPSA) is 47.1 Å². The second-order valence-corrected chi connectivity index (χ2v) is 17.4. The molecule has 0 bridgehead atoms. The van der Waals surface area contributed by atoms with Crippen molar-refractivity contribution in [2.45, 2.75) is 0 Å². The summed E-state index contributed by atoms with van der Waals surface area (Å²) in [6.45, 7) is 0. The number of furan rings is 1. The van der Waals surface area contributed by atoms with Crippen molar-refractivity contribution in [3.63, 3.8) is 0 Å². The third-order valence-electron chi connectivity index (χ3n) is 13.2. The number of para-hydroxylation sites is 3. The van der Waals surface area contributed by atoms with Gasteiger partial charge in [-0.25, -0.2) is 9.97 Å². The van der Waals surface area contributed by atoms with Crippen molar-refractivity contribution in [3.8, 4) is 61.8 Å². The van der Waals surface area contributed by atoms with E-state index in [-0.39, 0.29) is 0 Å². The molecular weight excluding hydrogens is 841 g/mol. The molecule has 0 amide bonds. The molecule has 0 fully saturated rings. The molecule has 13 aromatic rings. The second-order valence-electron chi connectivity index (χ2n) is 17.4. The normalized spacial score (nSPS) is 11.5. The number of hydrogen-bond acceptors (Lipinski definition) is 4. The van der Waals surface area contributed by atoms with Crippen molar-refractivity contribution < 1.29 is 4.42 Å². The number of aromatic nitrogens is 3. The predicted molar refractivity (Wildman–Crippen MR) is 286 cm³/mol. The maximum Gasteiger partial charge on any atom is 0.160 e. The van der Waals surface area contributed by atoms with Crippen molar-refractivity contribution in [2.24, 2.45) is 0 Å². The summed E-state index contributed by atoms with van der Waals surface area (Å²) in [5.74, 6) is 0.645. The summed E-state index contributed by atoms with van der Waals surface area (Å²) >= 11 is 0. The molecule has 5 nitrogen and oxygen atoms in total. The lowest BCUT2D eigenvalue weighted by Crippen LogP contribution is -2.13. The SMILES string of the molecule is c1ccc(-c2cc(-c3ccccc3)nc(-c3cc(-c4ccccc4)c(N(c4ccccc4)c4ccc5c(c4)oc4cc6c(cc45)c4ccccc4n6-c4ccccc4)c(-c4ccccc4)c3)n2)cc1. The number of rotatable bonds is 9. The Bertz CT molecular complexity index is 3860. The average molecular weight is 883 g/mol. The highest BCUT2D eigenvalue weighted by molar-refractivity contribution is 6.18. The molecular formula is C64H42N4O. The molecule has 5 heteroatoms. The molecule has 0 unspecified atom stereocenters. The van der Waals surface area contributed by atoms with Crippen LogP contribution in [0.5, 0.6) is 0 Å². The molecule has 3 aromatic heterocycles. The summed E-state index contributed by atoms with van der Waals surface area (Å²) in [5.41, 5.74) is 16.9. The first-order valence-electron chi connectivity index (χ1n) is 23.3. The molecule has 0 N–H and O–H groups in total. The molecule has 0 aliphatic carbocycles. The third-order valence-corrected chi connectivity index (χ3v) is 13.2. The van der Waals surface area contributed by atoms with Gasteiger partial charge in [0, 0.05) is 78.6 Å². The minimum atomic E-state index is 0.645. The van der Waals surface area contributed by atoms with E-state index in [4.69, 9.17) is 14.4 Å². The Morgan fingerprint density at radius 3 is 1.43 bits per heavy atom. The van der Waals surface area contributed by atoms with Crippen molar-refractivity contribution in [3.05, 3.63) is 255 Å². The number of nitrogens with zero attached hydrogens (tertiary/aromatic N) is 4. The number of fused-ring (bicyclic) bond motifs is 6. The highest BCUT2D eigenvalue weighted by Crippen LogP contribution is 2.50. The van der Waals surface area contributed by atoms with E-state index in [1.165, 1.54) is 10.8 Å². The molecule has 0 aliphatic rings. The third kappa shape index (κ3) is 7.12. The summed E-state index contributed by atoms with van der Waals surface area (Å²) in [6.07, 6.45) is 0. The molecule has 0 atom stereocenters. The van der Waals surface area contributed by atoms with Crippen molar-refractivity contribution in [1.82, 2.24) is 14.5 Å². The Kier molecular flexibility index (Phi) is 9.76. The fraction of sp³-hybridized carbons (Fsp3) is 0. The van der Waals surface area contributed by atoms with Gasteiger partial charge in [-0.1, -0.05) is 176 Å². The first kappa shape index (κ1) is 40.0. The summed E-state index contributed by atoms with van der Waals surface area (Å²) < 4.78 is 9.29. The van der Waals surface area contributed by atoms with Crippen molar-refractivity contribution in [2.75, 3.05) is 4.90 Å². The van der Waals surface area contributed by atoms with Gasteiger partial charge < -0.3 is 13.9 Å². The minimum Gasteiger partial charge on any atom is -0.456 e. The van der Waals surface area contributed by atoms with Gasteiger partial charge in [-0.3, -0.25) is 0 Å². The van der Waals surface area contributed by atoms with Gasteiger partial charge in [-0.2, -0.15) is 0 Å². The van der Waals surface area contributed by atoms with E-state index in [9.17, 15) is 0 Å². The van der Waals surface area contributed by atoms with Crippen LogP contribution in [0.3, 0.4) is 0 Å². The maximum absolute atomic E-state index is 6.96. The fourth-order valence-electron chi connectivity index (χ4n) is 9.98. The van der Waals surface area contributed by atoms with Crippen LogP contribution in [0.4, 0.5) is 17.1 Å². The zero-order chi connectivity index (χ0) is 45.7. The van der Waals surface area contributed by atoms with Crippen LogP contribution in [0.15, 0.2) is 259 Å². The fourth-order valence-corrected chi connectivity index (χ4v) is 9.98. The summed E-state index contributed by atoms with van der Waals surface area (Å²) in [7, 11) is 0. The van der Waals surface area contributed by atoms with Gasteiger partial charge in [0.2, 0.25) is 0 Å². The largest absolute Gasteiger partial charge is 0.456 e. The highest BCUT2D eigenvalue weighted by Gasteiger charge is 2.26. The van der Waals surface area contributed by atoms with Crippen molar-refractivity contribution in [1.29, 1.82) is 0 Å². The minimum absolute atomic E-state index is 0.645. The van der Waals surface area contributed by atoms with Crippen LogP contribution < -0.4 is 4.90 Å². The lowest BCUT2D eigenvalue weighted by molar-refractivity contribution is 0.669. The van der Waals surface area contributed by atoms with Crippen LogP contribution >= 0.6 is 0 Å². The van der Waals surface area contributed by atoms with Gasteiger partial charge in [-0.05, 0) is 77.9 Å². The summed E-state index contributed by atoms with van der Waals surface area (Å²) in [4.78, 5) is 13.0. The van der Waals surface area contributed by atoms with E-state index in [2.05, 4.69) is 252 Å². The van der Waals surface area contributed by atoms with Gasteiger partial charge >= 0.3 is 0 Å². The lowest BCUT2D eigenvalue weighted by atomic mass is 9.91. The molecule has 0 saturated carbocycles. The standard InChI is InChI=1S/C64H42N4O/c1-7-21-43(22-8-1)53-37-47(64-65-57(45-25-11-3-12-26-45)41-58(66-64)46-27-13-4-14-28-46)38-54(44-23-9-2-10-24-44)63(53)67(48-29-15-5-16-30-48)50-35-36-52-56-40-55-51-33-19-20-34-59(51)68(49-31-17-6-18-32-49)60(55)42-62(56)69-61(52)39-50/h1-42H. The lowest BCUT2D eigenvalue weighted by Gasteiger charge is -2.31. The van der Waals surface area contributed by atoms with Crippen LogP contribution in [-0.4, -0.2) is 14.5 Å². The van der Waals surface area contributed by atoms with Gasteiger partial charge in [-0.15, -0.1) is 0 Å². The zero-order valence-electron chi connectivity index (χ0n) is 37.4. The molecule has 10 aromatic carbocycles. The molecule has 324 valence electrons. The van der Waals surface area contributed by atoms with E-state index in [1.54, 1.807) is 0 Å². The molecule has 0 saturated heterocycles. The maximum atomic E-state index is 6.96. The van der Waals surface area contributed by atoms with Gasteiger partial charge in [0.1, 0.15) is 11.2 Å². The van der Waals surface area contributed by atoms with E-state index in [1.807, 2.05) is 12.1 Å². The van der Waals surface area contributed by atoms with Crippen LogP contribution in [0.1, 0.15) is 0 Å². The Morgan fingerprint density at radius 2 is 0.841 bits per heavy atom. The Balaban J connectivity index is 1.06. The molecule has 13 rings (SSSR count). The Morgan fingerprint density at radius 1 is 0.333 bits per heavy atom. The first-order valence-corrected chi connectivity index (χ1v) is 23.3. The first-order chi connectivity index (χ1) is 34.2. The molecule has 3 heterocycles. The highest BCUT2D eigenvalue weighted by atomic mass is 16.3.